The normalized spacial score (nSPS) is 18.7. The number of ketones is 1. The number of rotatable bonds is 13. The molecule has 2 aliphatic rings. The molecule has 1 aromatic heterocycles. The van der Waals surface area contributed by atoms with Crippen LogP contribution in [0.3, 0.4) is 0 Å². The van der Waals surface area contributed by atoms with Gasteiger partial charge in [0, 0.05) is 13.0 Å². The zero-order chi connectivity index (χ0) is 39.0. The van der Waals surface area contributed by atoms with Gasteiger partial charge in [-0.05, 0) is 56.1 Å². The molecule has 53 heavy (non-hydrogen) atoms. The highest BCUT2D eigenvalue weighted by atomic mass is 32.2. The van der Waals surface area contributed by atoms with Gasteiger partial charge in [0.05, 0.1) is 16.7 Å². The molecule has 4 rings (SSSR count). The molecule has 2 fully saturated rings. The molecular weight excluding hydrogens is 723 g/mol. The molecule has 5 amide bonds. The first-order chi connectivity index (χ1) is 24.9. The first kappa shape index (κ1) is 41.6. The molecule has 1 spiro atoms. The van der Waals surface area contributed by atoms with Gasteiger partial charge in [-0.15, -0.1) is 33.7 Å². The molecule has 0 bridgehead atoms. The Morgan fingerprint density at radius 3 is 2.26 bits per heavy atom. The van der Waals surface area contributed by atoms with Crippen LogP contribution in [0, 0.1) is 5.41 Å². The van der Waals surface area contributed by atoms with E-state index < -0.39 is 81.3 Å². The summed E-state index contributed by atoms with van der Waals surface area (Å²) in [5.41, 5.74) is -0.854. The number of carbonyl (C=O) groups excluding carboxylic acids is 6. The van der Waals surface area contributed by atoms with Crippen molar-refractivity contribution >= 4 is 59.0 Å². The largest absolute Gasteiger partial charge is 0.444 e. The van der Waals surface area contributed by atoms with Crippen molar-refractivity contribution in [1.82, 2.24) is 46.8 Å². The molecule has 2 saturated heterocycles. The summed E-state index contributed by atoms with van der Waals surface area (Å²) in [4.78, 5) is 82.4. The van der Waals surface area contributed by atoms with Crippen molar-refractivity contribution in [2.75, 3.05) is 24.6 Å². The zero-order valence-corrected chi connectivity index (χ0v) is 32.9. The van der Waals surface area contributed by atoms with E-state index in [1.807, 2.05) is 33.8 Å². The average Bonchev–Trinajstić information content (AvgIpc) is 3.76. The molecule has 3 heterocycles. The lowest BCUT2D eigenvalue weighted by molar-refractivity contribution is -0.144. The summed E-state index contributed by atoms with van der Waals surface area (Å²) >= 11 is 3.41. The van der Waals surface area contributed by atoms with E-state index >= 15 is 0 Å². The van der Waals surface area contributed by atoms with Gasteiger partial charge in [-0.3, -0.25) is 24.0 Å². The van der Waals surface area contributed by atoms with Crippen LogP contribution in [0.1, 0.15) is 91.6 Å². The molecule has 4 atom stereocenters. The molecule has 0 aliphatic carbocycles. The number of nitrogens with one attached hydrogen (secondary N) is 5. The fourth-order valence-corrected chi connectivity index (χ4v) is 9.40. The highest BCUT2D eigenvalue weighted by Crippen LogP contribution is 2.50. The van der Waals surface area contributed by atoms with Crippen LogP contribution in [0.15, 0.2) is 30.3 Å². The van der Waals surface area contributed by atoms with Crippen LogP contribution in [-0.4, -0.2) is 113 Å². The number of tetrazole rings is 1. The summed E-state index contributed by atoms with van der Waals surface area (Å²) in [6.07, 6.45) is 1.18. The SMILES string of the molecule is CCCC(NC(=O)C1CC2(CN1C(=O)C(NC(=O)OC(C)(C)C)C(C)(C)C)SCCCS2)C(=O)C(=O)NCC(=O)NC(c1ccccc1)c1nn[nH]n1. The number of H-pyrrole nitrogens is 1. The predicted octanol–water partition coefficient (Wildman–Crippen LogP) is 2.48. The molecule has 0 saturated carbocycles. The van der Waals surface area contributed by atoms with E-state index in [0.29, 0.717) is 18.4 Å². The van der Waals surface area contributed by atoms with Crippen molar-refractivity contribution in [2.24, 2.45) is 5.41 Å². The van der Waals surface area contributed by atoms with Crippen molar-refractivity contribution in [1.29, 1.82) is 0 Å². The molecule has 1 aromatic carbocycles. The minimum absolute atomic E-state index is 0.151. The molecule has 4 unspecified atom stereocenters. The van der Waals surface area contributed by atoms with Gasteiger partial charge < -0.3 is 30.9 Å². The van der Waals surface area contributed by atoms with Crippen LogP contribution in [0.25, 0.3) is 0 Å². The fourth-order valence-electron chi connectivity index (χ4n) is 6.05. The first-order valence-corrected chi connectivity index (χ1v) is 19.7. The average molecular weight is 774 g/mol. The molecular formula is C35H51N9O7S2. The van der Waals surface area contributed by atoms with Crippen molar-refractivity contribution in [3.05, 3.63) is 41.7 Å². The number of hydrogen-bond donors (Lipinski definition) is 5. The standard InChI is InChI=1S/C35H51N9O7S2/c1-8-13-22(26(46)30(48)36-19-24(45)38-25(28-40-42-43-41-28)21-14-10-9-11-15-21)37-29(47)23-18-35(52-16-12-17-53-35)20-44(23)31(49)27(33(2,3)4)39-32(50)51-34(5,6)7/h9-11,14-15,22-23,25,27H,8,12-13,16-20H2,1-7H3,(H,36,48)(H,37,47)(H,38,45)(H,39,50)(H,40,41,42,43). The van der Waals surface area contributed by atoms with Crippen molar-refractivity contribution in [2.45, 2.75) is 108 Å². The number of ether oxygens (including phenoxy) is 1. The summed E-state index contributed by atoms with van der Waals surface area (Å²) in [7, 11) is 0. The van der Waals surface area contributed by atoms with Gasteiger partial charge >= 0.3 is 6.09 Å². The van der Waals surface area contributed by atoms with Gasteiger partial charge in [-0.25, -0.2) is 4.79 Å². The van der Waals surface area contributed by atoms with E-state index in [-0.39, 0.29) is 18.8 Å². The van der Waals surface area contributed by atoms with Crippen LogP contribution in [0.4, 0.5) is 4.79 Å². The van der Waals surface area contributed by atoms with Crippen LogP contribution in [-0.2, 0) is 28.7 Å². The number of likely N-dealkylation sites (tertiary alicyclic amines) is 1. The van der Waals surface area contributed by atoms with Gasteiger partial charge in [0.2, 0.25) is 29.3 Å². The molecule has 2 aromatic rings. The maximum atomic E-state index is 14.4. The van der Waals surface area contributed by atoms with Gasteiger partial charge in [0.15, 0.2) is 0 Å². The van der Waals surface area contributed by atoms with Crippen molar-refractivity contribution in [3.63, 3.8) is 0 Å². The molecule has 290 valence electrons. The van der Waals surface area contributed by atoms with Gasteiger partial charge in [-0.1, -0.05) is 69.7 Å². The second-order valence-electron chi connectivity index (χ2n) is 15.2. The van der Waals surface area contributed by atoms with E-state index in [1.165, 1.54) is 4.90 Å². The number of Topliss-reactive ketones (excluding diaryl/α,β-unsaturated/α-hetero) is 1. The zero-order valence-electron chi connectivity index (χ0n) is 31.3. The first-order valence-electron chi connectivity index (χ1n) is 17.7. The summed E-state index contributed by atoms with van der Waals surface area (Å²) in [5.74, 6) is -1.64. The Kier molecular flexibility index (Phi) is 13.9. The van der Waals surface area contributed by atoms with Crippen molar-refractivity contribution in [3.8, 4) is 0 Å². The summed E-state index contributed by atoms with van der Waals surface area (Å²) < 4.78 is 5.01. The van der Waals surface area contributed by atoms with Gasteiger partial charge in [0.25, 0.3) is 5.91 Å². The second kappa shape index (κ2) is 17.8. The topological polar surface area (TPSA) is 217 Å². The smallest absolute Gasteiger partial charge is 0.408 e. The summed E-state index contributed by atoms with van der Waals surface area (Å²) in [6.45, 7) is 12.2. The molecule has 18 heteroatoms. The second-order valence-corrected chi connectivity index (χ2v) is 18.4. The Labute approximate surface area is 318 Å². The molecule has 5 N–H and O–H groups in total. The fraction of sp³-hybridized carbons (Fsp3) is 0.629. The highest BCUT2D eigenvalue weighted by molar-refractivity contribution is 8.18. The maximum Gasteiger partial charge on any atom is 0.408 e. The van der Waals surface area contributed by atoms with E-state index in [1.54, 1.807) is 68.6 Å². The van der Waals surface area contributed by atoms with Crippen LogP contribution < -0.4 is 21.3 Å². The Hall–Kier alpha value is -4.19. The number of amides is 5. The quantitative estimate of drug-likeness (QED) is 0.186. The third-order valence-electron chi connectivity index (χ3n) is 8.57. The lowest BCUT2D eigenvalue weighted by Crippen LogP contribution is -2.59. The monoisotopic (exact) mass is 773 g/mol. The van der Waals surface area contributed by atoms with E-state index in [0.717, 1.165) is 17.9 Å². The summed E-state index contributed by atoms with van der Waals surface area (Å²) in [6, 6.07) is 4.98. The highest BCUT2D eigenvalue weighted by Gasteiger charge is 2.53. The Morgan fingerprint density at radius 2 is 1.68 bits per heavy atom. The predicted molar refractivity (Wildman–Crippen MR) is 200 cm³/mol. The van der Waals surface area contributed by atoms with E-state index in [9.17, 15) is 28.8 Å². The van der Waals surface area contributed by atoms with Crippen LogP contribution >= 0.6 is 23.5 Å². The summed E-state index contributed by atoms with van der Waals surface area (Å²) in [5, 5.41) is 24.5. The number of benzene rings is 1. The Morgan fingerprint density at radius 1 is 1.00 bits per heavy atom. The molecule has 16 nitrogen and oxygen atoms in total. The molecule has 2 aliphatic heterocycles. The van der Waals surface area contributed by atoms with E-state index in [2.05, 4.69) is 41.9 Å². The number of nitrogens with zero attached hydrogens (tertiary/aromatic N) is 4. The Bertz CT molecular complexity index is 1610. The number of hydrogen-bond acceptors (Lipinski definition) is 12. The van der Waals surface area contributed by atoms with Crippen LogP contribution in [0.5, 0.6) is 0 Å². The number of thioether (sulfide) groups is 2. The third kappa shape index (κ3) is 11.4. The number of aromatic amines is 1. The Balaban J connectivity index is 1.47. The van der Waals surface area contributed by atoms with Gasteiger partial charge in [0.1, 0.15) is 23.7 Å². The maximum absolute atomic E-state index is 14.4. The number of aromatic nitrogens is 4. The molecule has 0 radical (unpaired) electrons. The minimum atomic E-state index is -1.20. The lowest BCUT2D eigenvalue weighted by atomic mass is 9.85. The third-order valence-corrected chi connectivity index (χ3v) is 11.9. The van der Waals surface area contributed by atoms with E-state index in [4.69, 9.17) is 4.74 Å². The lowest BCUT2D eigenvalue weighted by Gasteiger charge is -2.36. The number of carbonyl (C=O) groups is 6. The number of alkyl carbamates (subject to hydrolysis) is 1. The minimum Gasteiger partial charge on any atom is -0.444 e. The van der Waals surface area contributed by atoms with Crippen LogP contribution in [0.2, 0.25) is 0 Å². The van der Waals surface area contributed by atoms with Gasteiger partial charge in [-0.2, -0.15) is 5.21 Å². The van der Waals surface area contributed by atoms with Crippen molar-refractivity contribution < 1.29 is 33.5 Å².